The molecule has 0 atom stereocenters. The number of halogens is 1. The molecule has 1 aliphatic carbocycles. The molecule has 17 heavy (non-hydrogen) atoms. The van der Waals surface area contributed by atoms with Crippen LogP contribution in [0.15, 0.2) is 29.3 Å². The van der Waals surface area contributed by atoms with Crippen LogP contribution in [0.2, 0.25) is 5.02 Å². The minimum absolute atomic E-state index is 0.542. The molecule has 1 saturated carbocycles. The van der Waals surface area contributed by atoms with Crippen molar-refractivity contribution in [3.8, 4) is 0 Å². The van der Waals surface area contributed by atoms with Crippen LogP contribution in [0.3, 0.4) is 0 Å². The number of hydrogen-bond donors (Lipinski definition) is 1. The van der Waals surface area contributed by atoms with Crippen molar-refractivity contribution in [2.24, 2.45) is 16.6 Å². The molecule has 0 heterocycles. The van der Waals surface area contributed by atoms with Gasteiger partial charge in [0, 0.05) is 17.5 Å². The van der Waals surface area contributed by atoms with Gasteiger partial charge in [-0.1, -0.05) is 36.6 Å². The van der Waals surface area contributed by atoms with E-state index in [1.54, 1.807) is 0 Å². The third-order valence-electron chi connectivity index (χ3n) is 3.38. The van der Waals surface area contributed by atoms with Gasteiger partial charge in [-0.05, 0) is 37.0 Å². The lowest BCUT2D eigenvalue weighted by molar-refractivity contribution is 0.715. The van der Waals surface area contributed by atoms with Crippen LogP contribution in [-0.2, 0) is 6.42 Å². The predicted molar refractivity (Wildman–Crippen MR) is 73.6 cm³/mol. The van der Waals surface area contributed by atoms with Gasteiger partial charge in [-0.25, -0.2) is 0 Å². The Morgan fingerprint density at radius 2 is 1.88 bits per heavy atom. The maximum Gasteiger partial charge on any atom is 0.0968 e. The van der Waals surface area contributed by atoms with Crippen LogP contribution in [0.1, 0.15) is 31.2 Å². The Kier molecular flexibility index (Phi) is 4.43. The molecule has 1 aromatic rings. The van der Waals surface area contributed by atoms with Crippen molar-refractivity contribution in [1.82, 2.24) is 0 Å². The van der Waals surface area contributed by atoms with Crippen molar-refractivity contribution in [1.29, 1.82) is 0 Å². The molecular weight excluding hydrogens is 232 g/mol. The Labute approximate surface area is 108 Å². The van der Waals surface area contributed by atoms with E-state index in [1.165, 1.54) is 31.2 Å². The topological polar surface area (TPSA) is 38.4 Å². The van der Waals surface area contributed by atoms with Gasteiger partial charge in [0.25, 0.3) is 0 Å². The Morgan fingerprint density at radius 1 is 1.24 bits per heavy atom. The van der Waals surface area contributed by atoms with Gasteiger partial charge >= 0.3 is 0 Å². The van der Waals surface area contributed by atoms with Crippen molar-refractivity contribution in [2.75, 3.05) is 6.54 Å². The van der Waals surface area contributed by atoms with Crippen molar-refractivity contribution >= 4 is 17.4 Å². The van der Waals surface area contributed by atoms with E-state index in [4.69, 9.17) is 17.3 Å². The highest BCUT2D eigenvalue weighted by Crippen LogP contribution is 2.24. The first-order chi connectivity index (χ1) is 8.25. The zero-order chi connectivity index (χ0) is 12.1. The van der Waals surface area contributed by atoms with Crippen LogP contribution in [0.25, 0.3) is 0 Å². The average molecular weight is 251 g/mol. The minimum Gasteiger partial charge on any atom is -0.387 e. The van der Waals surface area contributed by atoms with E-state index in [9.17, 15) is 0 Å². The molecule has 0 aliphatic heterocycles. The summed E-state index contributed by atoms with van der Waals surface area (Å²) in [6, 6.07) is 7.93. The molecule has 0 spiro atoms. The maximum atomic E-state index is 6.00. The molecule has 0 unspecified atom stereocenters. The van der Waals surface area contributed by atoms with Gasteiger partial charge in [0.05, 0.1) is 5.84 Å². The summed E-state index contributed by atoms with van der Waals surface area (Å²) in [5.74, 6) is 1.40. The van der Waals surface area contributed by atoms with Crippen LogP contribution >= 0.6 is 11.6 Å². The van der Waals surface area contributed by atoms with E-state index in [0.29, 0.717) is 5.92 Å². The quantitative estimate of drug-likeness (QED) is 0.645. The molecule has 1 aliphatic rings. The number of benzene rings is 1. The summed E-state index contributed by atoms with van der Waals surface area (Å²) in [4.78, 5) is 4.49. The summed E-state index contributed by atoms with van der Waals surface area (Å²) in [6.07, 6.45) is 5.98. The smallest absolute Gasteiger partial charge is 0.0968 e. The number of rotatable bonds is 4. The van der Waals surface area contributed by atoms with Gasteiger partial charge in [0.15, 0.2) is 0 Å². The third kappa shape index (κ3) is 3.74. The highest BCUT2D eigenvalue weighted by molar-refractivity contribution is 6.30. The van der Waals surface area contributed by atoms with E-state index in [0.717, 1.165) is 23.8 Å². The second-order valence-corrected chi connectivity index (χ2v) is 5.10. The fraction of sp³-hybridized carbons (Fsp3) is 0.500. The third-order valence-corrected chi connectivity index (χ3v) is 3.63. The molecule has 0 radical (unpaired) electrons. The molecule has 3 heteroatoms. The Hall–Kier alpha value is -1.02. The fourth-order valence-electron chi connectivity index (χ4n) is 2.32. The second kappa shape index (κ2) is 6.06. The summed E-state index contributed by atoms with van der Waals surface area (Å²) >= 11 is 5.83. The van der Waals surface area contributed by atoms with Gasteiger partial charge in [0.2, 0.25) is 0 Å². The van der Waals surface area contributed by atoms with E-state index in [2.05, 4.69) is 4.99 Å². The maximum absolute atomic E-state index is 6.00. The van der Waals surface area contributed by atoms with Crippen LogP contribution in [0, 0.1) is 5.92 Å². The predicted octanol–water partition coefficient (Wildman–Crippen LogP) is 3.43. The van der Waals surface area contributed by atoms with Crippen LogP contribution in [-0.4, -0.2) is 12.4 Å². The van der Waals surface area contributed by atoms with Crippen molar-refractivity contribution < 1.29 is 0 Å². The van der Waals surface area contributed by atoms with E-state index < -0.39 is 0 Å². The standard InChI is InChI=1S/C14H19ClN2/c15-13-7-5-11(6-8-13)9-10-17-14(16)12-3-1-2-4-12/h5-8,12H,1-4,9-10H2,(H2,16,17). The Balaban J connectivity index is 1.81. The normalized spacial score (nSPS) is 17.6. The number of hydrogen-bond acceptors (Lipinski definition) is 1. The summed E-state index contributed by atoms with van der Waals surface area (Å²) in [6.45, 7) is 0.782. The molecule has 1 fully saturated rings. The SMILES string of the molecule is NC(=NCCc1ccc(Cl)cc1)C1CCCC1. The van der Waals surface area contributed by atoms with Crippen LogP contribution < -0.4 is 5.73 Å². The molecule has 0 aromatic heterocycles. The van der Waals surface area contributed by atoms with Crippen LogP contribution in [0.5, 0.6) is 0 Å². The van der Waals surface area contributed by atoms with E-state index in [-0.39, 0.29) is 0 Å². The van der Waals surface area contributed by atoms with Gasteiger partial charge in [0.1, 0.15) is 0 Å². The lowest BCUT2D eigenvalue weighted by atomic mass is 10.1. The lowest BCUT2D eigenvalue weighted by Gasteiger charge is -2.08. The lowest BCUT2D eigenvalue weighted by Crippen LogP contribution is -2.21. The highest BCUT2D eigenvalue weighted by atomic mass is 35.5. The molecule has 0 bridgehead atoms. The Bertz CT molecular complexity index is 378. The minimum atomic E-state index is 0.542. The first-order valence-corrected chi connectivity index (χ1v) is 6.68. The summed E-state index contributed by atoms with van der Waals surface area (Å²) in [7, 11) is 0. The van der Waals surface area contributed by atoms with Gasteiger partial charge in [-0.15, -0.1) is 0 Å². The molecule has 0 amide bonds. The highest BCUT2D eigenvalue weighted by Gasteiger charge is 2.17. The number of amidine groups is 1. The van der Waals surface area contributed by atoms with Crippen molar-refractivity contribution in [3.63, 3.8) is 0 Å². The average Bonchev–Trinajstić information content (AvgIpc) is 2.85. The molecule has 0 saturated heterocycles. The molecular formula is C14H19ClN2. The van der Waals surface area contributed by atoms with Gasteiger partial charge in [-0.2, -0.15) is 0 Å². The van der Waals surface area contributed by atoms with E-state index >= 15 is 0 Å². The molecule has 1 aromatic carbocycles. The Morgan fingerprint density at radius 3 is 2.53 bits per heavy atom. The summed E-state index contributed by atoms with van der Waals surface area (Å²) < 4.78 is 0. The summed E-state index contributed by atoms with van der Waals surface area (Å²) in [5, 5.41) is 0.780. The van der Waals surface area contributed by atoms with Crippen molar-refractivity contribution in [2.45, 2.75) is 32.1 Å². The monoisotopic (exact) mass is 250 g/mol. The van der Waals surface area contributed by atoms with Gasteiger partial charge < -0.3 is 5.73 Å². The first-order valence-electron chi connectivity index (χ1n) is 6.30. The largest absolute Gasteiger partial charge is 0.387 e. The summed E-state index contributed by atoms with van der Waals surface area (Å²) in [5.41, 5.74) is 7.26. The van der Waals surface area contributed by atoms with E-state index in [1.807, 2.05) is 24.3 Å². The molecule has 2 rings (SSSR count). The zero-order valence-corrected chi connectivity index (χ0v) is 10.8. The number of nitrogens with zero attached hydrogens (tertiary/aromatic N) is 1. The molecule has 2 nitrogen and oxygen atoms in total. The molecule has 92 valence electrons. The second-order valence-electron chi connectivity index (χ2n) is 4.66. The van der Waals surface area contributed by atoms with Crippen molar-refractivity contribution in [3.05, 3.63) is 34.9 Å². The van der Waals surface area contributed by atoms with Crippen LogP contribution in [0.4, 0.5) is 0 Å². The number of aliphatic imine (C=N–C) groups is 1. The fourth-order valence-corrected chi connectivity index (χ4v) is 2.44. The first kappa shape index (κ1) is 12.4. The molecule has 2 N–H and O–H groups in total. The van der Waals surface area contributed by atoms with Gasteiger partial charge in [-0.3, -0.25) is 4.99 Å². The number of nitrogens with two attached hydrogens (primary N) is 1. The zero-order valence-electron chi connectivity index (χ0n) is 10.0.